The highest BCUT2D eigenvalue weighted by Crippen LogP contribution is 2.22. The van der Waals surface area contributed by atoms with Gasteiger partial charge in [-0.15, -0.1) is 0 Å². The van der Waals surface area contributed by atoms with Gasteiger partial charge in [-0.1, -0.05) is 32.3 Å². The third-order valence-electron chi connectivity index (χ3n) is 3.57. The monoisotopic (exact) mass is 243 g/mol. The fourth-order valence-corrected chi connectivity index (χ4v) is 1.89. The molecule has 1 atom stereocenters. The Morgan fingerprint density at radius 3 is 2.53 bits per heavy atom. The molecule has 0 heterocycles. The van der Waals surface area contributed by atoms with Crippen molar-refractivity contribution in [2.75, 3.05) is 13.6 Å². The van der Waals surface area contributed by atoms with Gasteiger partial charge in [0.15, 0.2) is 0 Å². The molecule has 0 aliphatic rings. The molecule has 0 amide bonds. The summed E-state index contributed by atoms with van der Waals surface area (Å²) in [5, 5.41) is 11.8. The Morgan fingerprint density at radius 1 is 1.47 bits per heavy atom. The summed E-state index contributed by atoms with van der Waals surface area (Å²) in [5.74, 6) is 0.321. The number of hydrogen-bond donors (Lipinski definition) is 2. The van der Waals surface area contributed by atoms with E-state index in [1.54, 1.807) is 0 Å². The molecule has 0 aromatic heterocycles. The summed E-state index contributed by atoms with van der Waals surface area (Å²) < 4.78 is 0. The smallest absolute Gasteiger partial charge is 0.144 e. The minimum Gasteiger partial charge on any atom is -0.409 e. The quantitative estimate of drug-likeness (QED) is 0.298. The van der Waals surface area contributed by atoms with E-state index in [0.717, 1.165) is 19.4 Å². The maximum absolute atomic E-state index is 8.69. The fourth-order valence-electron chi connectivity index (χ4n) is 1.89. The van der Waals surface area contributed by atoms with Crippen LogP contribution in [0.2, 0.25) is 0 Å². The molecule has 0 saturated heterocycles. The summed E-state index contributed by atoms with van der Waals surface area (Å²) in [6.45, 7) is 9.56. The average Bonchev–Trinajstić information content (AvgIpc) is 2.27. The molecule has 4 heteroatoms. The van der Waals surface area contributed by atoms with Crippen LogP contribution >= 0.6 is 0 Å². The second-order valence-corrected chi connectivity index (χ2v) is 5.59. The molecule has 0 aromatic rings. The molecule has 17 heavy (non-hydrogen) atoms. The second-order valence-electron chi connectivity index (χ2n) is 5.59. The molecule has 0 aliphatic carbocycles. The second kappa shape index (κ2) is 7.54. The van der Waals surface area contributed by atoms with Gasteiger partial charge < -0.3 is 15.8 Å². The number of hydrogen-bond acceptors (Lipinski definition) is 3. The Balaban J connectivity index is 3.98. The largest absolute Gasteiger partial charge is 0.409 e. The van der Waals surface area contributed by atoms with Crippen LogP contribution in [0, 0.1) is 5.41 Å². The first-order chi connectivity index (χ1) is 7.85. The summed E-state index contributed by atoms with van der Waals surface area (Å²) in [7, 11) is 2.16. The molecule has 0 aromatic carbocycles. The van der Waals surface area contributed by atoms with Crippen LogP contribution in [-0.2, 0) is 0 Å². The molecule has 4 nitrogen and oxygen atoms in total. The molecule has 0 rings (SSSR count). The van der Waals surface area contributed by atoms with Gasteiger partial charge in [-0.2, -0.15) is 0 Å². The highest BCUT2D eigenvalue weighted by atomic mass is 16.4. The first-order valence-electron chi connectivity index (χ1n) is 6.53. The summed E-state index contributed by atoms with van der Waals surface area (Å²) in [6.07, 6.45) is 4.46. The minimum atomic E-state index is -0.219. The summed E-state index contributed by atoms with van der Waals surface area (Å²) in [6, 6.07) is 0.631. The van der Waals surface area contributed by atoms with E-state index in [1.165, 1.54) is 12.8 Å². The van der Waals surface area contributed by atoms with Gasteiger partial charge in [0.2, 0.25) is 0 Å². The standard InChI is InChI=1S/C13H29N3O/c1-6-8-11(2)16(5)10-7-9-13(3,4)12(14)15-17/h11,17H,6-10H2,1-5H3,(H2,14,15). The lowest BCUT2D eigenvalue weighted by Gasteiger charge is -2.27. The van der Waals surface area contributed by atoms with Gasteiger partial charge in [0.1, 0.15) is 5.84 Å². The normalized spacial score (nSPS) is 15.3. The van der Waals surface area contributed by atoms with E-state index in [0.29, 0.717) is 11.9 Å². The van der Waals surface area contributed by atoms with Gasteiger partial charge in [-0.05, 0) is 39.8 Å². The fraction of sp³-hybridized carbons (Fsp3) is 0.923. The molecule has 0 bridgehead atoms. The van der Waals surface area contributed by atoms with Crippen molar-refractivity contribution >= 4 is 5.84 Å². The van der Waals surface area contributed by atoms with E-state index in [9.17, 15) is 0 Å². The lowest BCUT2D eigenvalue weighted by Crippen LogP contribution is -2.34. The van der Waals surface area contributed by atoms with Crippen LogP contribution in [-0.4, -0.2) is 35.6 Å². The molecule has 0 spiro atoms. The first-order valence-corrected chi connectivity index (χ1v) is 6.53. The van der Waals surface area contributed by atoms with Crippen LogP contribution in [0.3, 0.4) is 0 Å². The van der Waals surface area contributed by atoms with Crippen LogP contribution in [0.5, 0.6) is 0 Å². The number of nitrogens with zero attached hydrogens (tertiary/aromatic N) is 2. The number of amidine groups is 1. The van der Waals surface area contributed by atoms with Crippen molar-refractivity contribution < 1.29 is 5.21 Å². The molecule has 0 radical (unpaired) electrons. The number of nitrogens with two attached hydrogens (primary N) is 1. The van der Waals surface area contributed by atoms with Crippen molar-refractivity contribution in [1.82, 2.24) is 4.90 Å². The topological polar surface area (TPSA) is 61.8 Å². The molecular weight excluding hydrogens is 214 g/mol. The van der Waals surface area contributed by atoms with Gasteiger partial charge >= 0.3 is 0 Å². The maximum atomic E-state index is 8.69. The minimum absolute atomic E-state index is 0.219. The SMILES string of the molecule is CCCC(C)N(C)CCCC(C)(C)C(N)=NO. The van der Waals surface area contributed by atoms with Crippen molar-refractivity contribution in [3.63, 3.8) is 0 Å². The Labute approximate surface area is 106 Å². The molecular formula is C13H29N3O. The van der Waals surface area contributed by atoms with Crippen LogP contribution < -0.4 is 5.73 Å². The van der Waals surface area contributed by atoms with E-state index < -0.39 is 0 Å². The molecule has 1 unspecified atom stereocenters. The summed E-state index contributed by atoms with van der Waals surface area (Å²) in [4.78, 5) is 2.38. The van der Waals surface area contributed by atoms with E-state index in [4.69, 9.17) is 10.9 Å². The zero-order valence-electron chi connectivity index (χ0n) is 12.0. The van der Waals surface area contributed by atoms with Crippen molar-refractivity contribution in [2.24, 2.45) is 16.3 Å². The predicted molar refractivity (Wildman–Crippen MR) is 73.4 cm³/mol. The highest BCUT2D eigenvalue weighted by molar-refractivity contribution is 5.85. The van der Waals surface area contributed by atoms with E-state index in [2.05, 4.69) is 31.0 Å². The zero-order valence-corrected chi connectivity index (χ0v) is 12.0. The van der Waals surface area contributed by atoms with Gasteiger partial charge in [-0.25, -0.2) is 0 Å². The van der Waals surface area contributed by atoms with Gasteiger partial charge in [0, 0.05) is 11.5 Å². The third kappa shape index (κ3) is 5.91. The Morgan fingerprint density at radius 2 is 2.06 bits per heavy atom. The summed E-state index contributed by atoms with van der Waals surface area (Å²) >= 11 is 0. The lowest BCUT2D eigenvalue weighted by molar-refractivity contribution is 0.231. The first kappa shape index (κ1) is 16.2. The van der Waals surface area contributed by atoms with Gasteiger partial charge in [-0.3, -0.25) is 0 Å². The van der Waals surface area contributed by atoms with E-state index in [-0.39, 0.29) is 5.41 Å². The van der Waals surface area contributed by atoms with Crippen LogP contribution in [0.4, 0.5) is 0 Å². The lowest BCUT2D eigenvalue weighted by atomic mass is 9.86. The van der Waals surface area contributed by atoms with E-state index >= 15 is 0 Å². The van der Waals surface area contributed by atoms with Gasteiger partial charge in [0.25, 0.3) is 0 Å². The highest BCUT2D eigenvalue weighted by Gasteiger charge is 2.23. The number of oxime groups is 1. The van der Waals surface area contributed by atoms with Gasteiger partial charge in [0.05, 0.1) is 0 Å². The summed E-state index contributed by atoms with van der Waals surface area (Å²) in [5.41, 5.74) is 5.44. The van der Waals surface area contributed by atoms with Crippen LogP contribution in [0.1, 0.15) is 53.4 Å². The van der Waals surface area contributed by atoms with Crippen LogP contribution in [0.25, 0.3) is 0 Å². The number of rotatable bonds is 8. The maximum Gasteiger partial charge on any atom is 0.144 e. The molecule has 102 valence electrons. The Bertz CT molecular complexity index is 239. The molecule has 0 saturated carbocycles. The van der Waals surface area contributed by atoms with E-state index in [1.807, 2.05) is 13.8 Å². The van der Waals surface area contributed by atoms with Crippen molar-refractivity contribution in [3.8, 4) is 0 Å². The average molecular weight is 243 g/mol. The van der Waals surface area contributed by atoms with Crippen molar-refractivity contribution in [3.05, 3.63) is 0 Å². The third-order valence-corrected chi connectivity index (χ3v) is 3.57. The zero-order chi connectivity index (χ0) is 13.5. The molecule has 0 fully saturated rings. The van der Waals surface area contributed by atoms with Crippen LogP contribution in [0.15, 0.2) is 5.16 Å². The molecule has 0 aliphatic heterocycles. The van der Waals surface area contributed by atoms with Crippen molar-refractivity contribution in [2.45, 2.75) is 59.4 Å². The Hall–Kier alpha value is -0.770. The predicted octanol–water partition coefficient (Wildman–Crippen LogP) is 2.66. The Kier molecular flexibility index (Phi) is 7.19. The molecule has 3 N–H and O–H groups in total. The van der Waals surface area contributed by atoms with Crippen molar-refractivity contribution in [1.29, 1.82) is 0 Å².